The zero-order chi connectivity index (χ0) is 15.0. The van der Waals surface area contributed by atoms with E-state index in [9.17, 15) is 0 Å². The van der Waals surface area contributed by atoms with Crippen LogP contribution in [0.2, 0.25) is 0 Å². The Hall–Kier alpha value is -1.76. The third-order valence-electron chi connectivity index (χ3n) is 3.78. The van der Waals surface area contributed by atoms with Crippen molar-refractivity contribution in [3.05, 3.63) is 23.9 Å². The average molecular weight is 290 g/mol. The van der Waals surface area contributed by atoms with Crippen molar-refractivity contribution in [3.8, 4) is 0 Å². The van der Waals surface area contributed by atoms with Gasteiger partial charge in [0.25, 0.3) is 0 Å². The van der Waals surface area contributed by atoms with Gasteiger partial charge in [-0.1, -0.05) is 5.16 Å². The lowest BCUT2D eigenvalue weighted by molar-refractivity contribution is 0.273. The molecule has 3 heterocycles. The molecule has 1 saturated heterocycles. The molecule has 21 heavy (non-hydrogen) atoms. The first-order valence-corrected chi connectivity index (χ1v) is 7.35. The highest BCUT2D eigenvalue weighted by Crippen LogP contribution is 2.27. The summed E-state index contributed by atoms with van der Waals surface area (Å²) >= 11 is 0. The topological polar surface area (TPSA) is 72.9 Å². The maximum Gasteiger partial charge on any atom is 0.231 e. The number of hydrogen-bond donors (Lipinski definition) is 0. The predicted molar refractivity (Wildman–Crippen MR) is 76.7 cm³/mol. The van der Waals surface area contributed by atoms with Gasteiger partial charge in [0, 0.05) is 6.54 Å². The zero-order valence-electron chi connectivity index (χ0n) is 13.1. The van der Waals surface area contributed by atoms with Crippen LogP contribution in [0.4, 0.5) is 0 Å². The summed E-state index contributed by atoms with van der Waals surface area (Å²) < 4.78 is 7.29. The number of nitrogens with zero attached hydrogens (tertiary/aromatic N) is 6. The second-order valence-electron chi connectivity index (χ2n) is 6.66. The molecule has 0 aromatic carbocycles. The summed E-state index contributed by atoms with van der Waals surface area (Å²) in [5.41, 5.74) is -0.0471. The molecule has 2 aromatic rings. The molecular weight excluding hydrogens is 268 g/mol. The fraction of sp³-hybridized carbons (Fsp3) is 0.714. The van der Waals surface area contributed by atoms with Crippen LogP contribution in [-0.2, 0) is 12.1 Å². The monoisotopic (exact) mass is 290 g/mol. The van der Waals surface area contributed by atoms with Gasteiger partial charge in [0.05, 0.1) is 18.0 Å². The smallest absolute Gasteiger partial charge is 0.231 e. The molecule has 7 heteroatoms. The van der Waals surface area contributed by atoms with Gasteiger partial charge in [-0.25, -0.2) is 9.67 Å². The number of aromatic nitrogens is 5. The van der Waals surface area contributed by atoms with Gasteiger partial charge in [-0.2, -0.15) is 10.1 Å². The highest BCUT2D eigenvalue weighted by atomic mass is 16.5. The van der Waals surface area contributed by atoms with Gasteiger partial charge in [-0.15, -0.1) is 0 Å². The van der Waals surface area contributed by atoms with Crippen molar-refractivity contribution in [2.24, 2.45) is 0 Å². The maximum absolute atomic E-state index is 5.29. The van der Waals surface area contributed by atoms with Crippen molar-refractivity contribution < 1.29 is 4.52 Å². The van der Waals surface area contributed by atoms with Crippen LogP contribution in [0.25, 0.3) is 0 Å². The molecule has 1 aliphatic rings. The van der Waals surface area contributed by atoms with E-state index >= 15 is 0 Å². The minimum absolute atomic E-state index is 0.0471. The van der Waals surface area contributed by atoms with Crippen LogP contribution in [0, 0.1) is 6.92 Å². The van der Waals surface area contributed by atoms with Crippen LogP contribution in [0.15, 0.2) is 10.9 Å². The van der Waals surface area contributed by atoms with Crippen LogP contribution < -0.4 is 0 Å². The lowest BCUT2D eigenvalue weighted by Gasteiger charge is -2.23. The van der Waals surface area contributed by atoms with E-state index in [4.69, 9.17) is 4.52 Å². The van der Waals surface area contributed by atoms with Gasteiger partial charge in [-0.3, -0.25) is 4.90 Å². The van der Waals surface area contributed by atoms with Crippen LogP contribution in [0.3, 0.4) is 0 Å². The summed E-state index contributed by atoms with van der Waals surface area (Å²) in [5, 5.41) is 8.23. The van der Waals surface area contributed by atoms with Crippen LogP contribution >= 0.6 is 0 Å². The van der Waals surface area contributed by atoms with E-state index in [1.165, 1.54) is 0 Å². The Labute approximate surface area is 124 Å². The summed E-state index contributed by atoms with van der Waals surface area (Å²) in [7, 11) is 0. The van der Waals surface area contributed by atoms with Crippen LogP contribution in [0.5, 0.6) is 0 Å². The molecule has 1 atom stereocenters. The van der Waals surface area contributed by atoms with Gasteiger partial charge < -0.3 is 4.52 Å². The van der Waals surface area contributed by atoms with Gasteiger partial charge in [0.2, 0.25) is 5.89 Å². The zero-order valence-corrected chi connectivity index (χ0v) is 13.1. The molecule has 0 saturated carbocycles. The lowest BCUT2D eigenvalue weighted by Crippen LogP contribution is -2.29. The van der Waals surface area contributed by atoms with Gasteiger partial charge >= 0.3 is 0 Å². The predicted octanol–water partition coefficient (Wildman–Crippen LogP) is 1.71. The first-order valence-electron chi connectivity index (χ1n) is 7.35. The molecule has 7 nitrogen and oxygen atoms in total. The number of rotatable bonds is 3. The van der Waals surface area contributed by atoms with Gasteiger partial charge in [0.15, 0.2) is 5.82 Å². The fourth-order valence-electron chi connectivity index (χ4n) is 2.79. The first kappa shape index (κ1) is 14.2. The Kier molecular flexibility index (Phi) is 3.52. The van der Waals surface area contributed by atoms with E-state index in [1.807, 2.05) is 11.6 Å². The SMILES string of the molecule is Cc1noc([C@H]2CCN(Cc3ncnn3C(C)(C)C)C2)n1. The highest BCUT2D eigenvalue weighted by molar-refractivity contribution is 4.99. The molecule has 2 aromatic heterocycles. The van der Waals surface area contributed by atoms with Crippen molar-refractivity contribution in [3.63, 3.8) is 0 Å². The fourth-order valence-corrected chi connectivity index (χ4v) is 2.79. The van der Waals surface area contributed by atoms with E-state index in [2.05, 4.69) is 45.9 Å². The molecule has 0 amide bonds. The van der Waals surface area contributed by atoms with Crippen molar-refractivity contribution in [2.75, 3.05) is 13.1 Å². The molecule has 0 bridgehead atoms. The Morgan fingerprint density at radius 3 is 2.86 bits per heavy atom. The first-order chi connectivity index (χ1) is 9.93. The Balaban J connectivity index is 1.67. The summed E-state index contributed by atoms with van der Waals surface area (Å²) in [5.74, 6) is 2.80. The molecule has 3 rings (SSSR count). The molecule has 0 spiro atoms. The minimum atomic E-state index is -0.0471. The van der Waals surface area contributed by atoms with Crippen molar-refractivity contribution in [2.45, 2.75) is 52.1 Å². The number of aryl methyl sites for hydroxylation is 1. The molecule has 114 valence electrons. The maximum atomic E-state index is 5.29. The van der Waals surface area contributed by atoms with Gasteiger partial charge in [0.1, 0.15) is 12.2 Å². The minimum Gasteiger partial charge on any atom is -0.339 e. The summed E-state index contributed by atoms with van der Waals surface area (Å²) in [6.45, 7) is 11.0. The molecule has 0 radical (unpaired) electrons. The van der Waals surface area contributed by atoms with E-state index in [-0.39, 0.29) is 5.54 Å². The Morgan fingerprint density at radius 2 is 2.19 bits per heavy atom. The van der Waals surface area contributed by atoms with E-state index in [0.717, 1.165) is 37.8 Å². The van der Waals surface area contributed by atoms with Gasteiger partial charge in [-0.05, 0) is 40.7 Å². The van der Waals surface area contributed by atoms with E-state index in [1.54, 1.807) is 6.33 Å². The molecule has 0 N–H and O–H groups in total. The normalized spacial score (nSPS) is 20.3. The van der Waals surface area contributed by atoms with Crippen molar-refractivity contribution in [1.82, 2.24) is 29.8 Å². The third-order valence-corrected chi connectivity index (χ3v) is 3.78. The second-order valence-corrected chi connectivity index (χ2v) is 6.66. The lowest BCUT2D eigenvalue weighted by atomic mass is 10.1. The largest absolute Gasteiger partial charge is 0.339 e. The van der Waals surface area contributed by atoms with Crippen molar-refractivity contribution >= 4 is 0 Å². The van der Waals surface area contributed by atoms with E-state index < -0.39 is 0 Å². The second kappa shape index (κ2) is 5.22. The molecule has 1 aliphatic heterocycles. The van der Waals surface area contributed by atoms with Crippen LogP contribution in [0.1, 0.15) is 50.6 Å². The van der Waals surface area contributed by atoms with Crippen molar-refractivity contribution in [1.29, 1.82) is 0 Å². The van der Waals surface area contributed by atoms with Crippen LogP contribution in [-0.4, -0.2) is 42.9 Å². The summed E-state index contributed by atoms with van der Waals surface area (Å²) in [4.78, 5) is 11.1. The molecular formula is C14H22N6O. The number of likely N-dealkylation sites (tertiary alicyclic amines) is 1. The van der Waals surface area contributed by atoms with E-state index in [0.29, 0.717) is 11.7 Å². The quantitative estimate of drug-likeness (QED) is 0.857. The standard InChI is InChI=1S/C14H22N6O/c1-10-17-13(21-18-10)11-5-6-19(7-11)8-12-15-9-16-20(12)14(2,3)4/h9,11H,5-8H2,1-4H3/t11-/m0/s1. The number of hydrogen-bond acceptors (Lipinski definition) is 6. The Morgan fingerprint density at radius 1 is 1.38 bits per heavy atom. The third kappa shape index (κ3) is 2.97. The average Bonchev–Trinajstić information content (AvgIpc) is 3.08. The highest BCUT2D eigenvalue weighted by Gasteiger charge is 2.29. The molecule has 0 unspecified atom stereocenters. The summed E-state index contributed by atoms with van der Waals surface area (Å²) in [6.07, 6.45) is 2.68. The Bertz CT molecular complexity index is 611. The summed E-state index contributed by atoms with van der Waals surface area (Å²) in [6, 6.07) is 0. The molecule has 1 fully saturated rings. The molecule has 0 aliphatic carbocycles.